The number of aryl methyl sites for hydroxylation is 1. The van der Waals surface area contributed by atoms with Crippen LogP contribution in [0.4, 0.5) is 5.69 Å². The molecule has 2 heterocycles. The topological polar surface area (TPSA) is 54.4 Å². The second-order valence-corrected chi connectivity index (χ2v) is 6.56. The molecular formula is C19H26N2O2. The first-order chi connectivity index (χ1) is 11.2. The molecule has 0 bridgehead atoms. The minimum absolute atomic E-state index is 0.0396. The van der Waals surface area contributed by atoms with Crippen LogP contribution in [0, 0.1) is 12.3 Å². The molecule has 0 amide bonds. The number of nitrogens with zero attached hydrogens (tertiary/aromatic N) is 1. The van der Waals surface area contributed by atoms with Gasteiger partial charge in [0.1, 0.15) is 0 Å². The third-order valence-corrected chi connectivity index (χ3v) is 5.04. The van der Waals surface area contributed by atoms with Crippen LogP contribution in [0.25, 0.3) is 10.9 Å². The third kappa shape index (κ3) is 3.19. The minimum atomic E-state index is 0.0396. The van der Waals surface area contributed by atoms with Crippen LogP contribution in [0.5, 0.6) is 0 Å². The summed E-state index contributed by atoms with van der Waals surface area (Å²) in [6.45, 7) is 6.84. The standard InChI is InChI=1S/C19H26N2O2/c1-3-16-14(2)18(15-6-4-5-7-17(15)21-16)20-12-19(8-10-22)9-11-23-13-19/h4-7,22H,3,8-13H2,1-2H3,(H,20,21)/t19-/m0/s1. The van der Waals surface area contributed by atoms with Crippen LogP contribution in [-0.2, 0) is 11.2 Å². The number of ether oxygens (including phenoxy) is 1. The molecule has 1 fully saturated rings. The van der Waals surface area contributed by atoms with Crippen molar-refractivity contribution in [2.75, 3.05) is 31.7 Å². The van der Waals surface area contributed by atoms with E-state index in [0.717, 1.165) is 50.2 Å². The van der Waals surface area contributed by atoms with Gasteiger partial charge in [0.25, 0.3) is 0 Å². The Labute approximate surface area is 137 Å². The molecule has 1 aromatic carbocycles. The number of aliphatic hydroxyl groups excluding tert-OH is 1. The fraction of sp³-hybridized carbons (Fsp3) is 0.526. The molecule has 1 saturated heterocycles. The SMILES string of the molecule is CCc1nc2ccccc2c(NC[C@]2(CCO)CCOC2)c1C. The van der Waals surface area contributed by atoms with Crippen molar-refractivity contribution in [2.24, 2.45) is 5.41 Å². The number of rotatable bonds is 6. The highest BCUT2D eigenvalue weighted by Crippen LogP contribution is 2.35. The number of para-hydroxylation sites is 1. The summed E-state index contributed by atoms with van der Waals surface area (Å²) in [5.41, 5.74) is 4.63. The lowest BCUT2D eigenvalue weighted by Crippen LogP contribution is -2.31. The van der Waals surface area contributed by atoms with E-state index in [1.165, 1.54) is 16.6 Å². The molecule has 23 heavy (non-hydrogen) atoms. The zero-order valence-corrected chi connectivity index (χ0v) is 14.1. The molecule has 0 aliphatic carbocycles. The Morgan fingerprint density at radius 3 is 2.87 bits per heavy atom. The van der Waals surface area contributed by atoms with Crippen molar-refractivity contribution in [2.45, 2.75) is 33.1 Å². The number of pyridine rings is 1. The zero-order valence-electron chi connectivity index (χ0n) is 14.1. The van der Waals surface area contributed by atoms with Gasteiger partial charge in [-0.15, -0.1) is 0 Å². The second kappa shape index (κ2) is 6.85. The lowest BCUT2D eigenvalue weighted by atomic mass is 9.83. The Balaban J connectivity index is 1.94. The van der Waals surface area contributed by atoms with Gasteiger partial charge in [0.2, 0.25) is 0 Å². The molecule has 124 valence electrons. The quantitative estimate of drug-likeness (QED) is 0.859. The van der Waals surface area contributed by atoms with Gasteiger partial charge in [-0.25, -0.2) is 0 Å². The summed E-state index contributed by atoms with van der Waals surface area (Å²) in [7, 11) is 0. The predicted octanol–water partition coefficient (Wildman–Crippen LogP) is 3.31. The highest BCUT2D eigenvalue weighted by atomic mass is 16.5. The van der Waals surface area contributed by atoms with E-state index in [9.17, 15) is 5.11 Å². The fourth-order valence-electron chi connectivity index (χ4n) is 3.52. The number of fused-ring (bicyclic) bond motifs is 1. The maximum atomic E-state index is 9.40. The lowest BCUT2D eigenvalue weighted by Gasteiger charge is -2.28. The van der Waals surface area contributed by atoms with Crippen LogP contribution in [0.15, 0.2) is 24.3 Å². The summed E-state index contributed by atoms with van der Waals surface area (Å²) in [5, 5.41) is 14.2. The number of hydrogen-bond donors (Lipinski definition) is 2. The number of anilines is 1. The maximum Gasteiger partial charge on any atom is 0.0726 e. The van der Waals surface area contributed by atoms with E-state index < -0.39 is 0 Å². The molecule has 1 aliphatic heterocycles. The lowest BCUT2D eigenvalue weighted by molar-refractivity contribution is 0.133. The number of hydrogen-bond acceptors (Lipinski definition) is 4. The van der Waals surface area contributed by atoms with Gasteiger partial charge in [-0.1, -0.05) is 25.1 Å². The van der Waals surface area contributed by atoms with E-state index in [4.69, 9.17) is 9.72 Å². The van der Waals surface area contributed by atoms with Crippen LogP contribution in [0.2, 0.25) is 0 Å². The van der Waals surface area contributed by atoms with Crippen molar-refractivity contribution in [3.05, 3.63) is 35.5 Å². The summed E-state index contributed by atoms with van der Waals surface area (Å²) in [6, 6.07) is 8.29. The molecule has 0 spiro atoms. The monoisotopic (exact) mass is 314 g/mol. The average molecular weight is 314 g/mol. The predicted molar refractivity (Wildman–Crippen MR) is 93.9 cm³/mol. The first-order valence-corrected chi connectivity index (χ1v) is 8.50. The van der Waals surface area contributed by atoms with E-state index in [1.807, 2.05) is 6.07 Å². The van der Waals surface area contributed by atoms with E-state index in [0.29, 0.717) is 0 Å². The first kappa shape index (κ1) is 16.2. The van der Waals surface area contributed by atoms with E-state index in [1.54, 1.807) is 0 Å². The minimum Gasteiger partial charge on any atom is -0.396 e. The third-order valence-electron chi connectivity index (χ3n) is 5.04. The van der Waals surface area contributed by atoms with Crippen molar-refractivity contribution in [3.63, 3.8) is 0 Å². The molecule has 0 saturated carbocycles. The zero-order chi connectivity index (χ0) is 16.3. The summed E-state index contributed by atoms with van der Waals surface area (Å²) in [5.74, 6) is 0. The Morgan fingerprint density at radius 1 is 1.35 bits per heavy atom. The molecular weight excluding hydrogens is 288 g/mol. The van der Waals surface area contributed by atoms with Crippen molar-refractivity contribution in [3.8, 4) is 0 Å². The van der Waals surface area contributed by atoms with Gasteiger partial charge in [0, 0.05) is 41.9 Å². The molecule has 1 aromatic heterocycles. The molecule has 1 atom stereocenters. The Hall–Kier alpha value is -1.65. The number of nitrogens with one attached hydrogen (secondary N) is 1. The van der Waals surface area contributed by atoms with Gasteiger partial charge in [0.05, 0.1) is 12.1 Å². The number of aromatic nitrogens is 1. The summed E-state index contributed by atoms with van der Waals surface area (Å²) >= 11 is 0. The molecule has 4 nitrogen and oxygen atoms in total. The van der Waals surface area contributed by atoms with Gasteiger partial charge in [-0.3, -0.25) is 4.98 Å². The van der Waals surface area contributed by atoms with Crippen LogP contribution in [0.3, 0.4) is 0 Å². The maximum absolute atomic E-state index is 9.40. The fourth-order valence-corrected chi connectivity index (χ4v) is 3.52. The Morgan fingerprint density at radius 2 is 2.17 bits per heavy atom. The van der Waals surface area contributed by atoms with Gasteiger partial charge >= 0.3 is 0 Å². The van der Waals surface area contributed by atoms with E-state index >= 15 is 0 Å². The molecule has 1 aliphatic rings. The van der Waals surface area contributed by atoms with Crippen molar-refractivity contribution >= 4 is 16.6 Å². The number of aliphatic hydroxyl groups is 1. The van der Waals surface area contributed by atoms with Gasteiger partial charge < -0.3 is 15.2 Å². The molecule has 0 unspecified atom stereocenters. The summed E-state index contributed by atoms with van der Waals surface area (Å²) in [6.07, 6.45) is 2.71. The smallest absolute Gasteiger partial charge is 0.0726 e. The highest BCUT2D eigenvalue weighted by molar-refractivity contribution is 5.93. The second-order valence-electron chi connectivity index (χ2n) is 6.56. The first-order valence-electron chi connectivity index (χ1n) is 8.50. The Kier molecular flexibility index (Phi) is 4.83. The number of benzene rings is 1. The van der Waals surface area contributed by atoms with Gasteiger partial charge in [-0.05, 0) is 37.8 Å². The van der Waals surface area contributed by atoms with Crippen LogP contribution >= 0.6 is 0 Å². The van der Waals surface area contributed by atoms with Crippen LogP contribution < -0.4 is 5.32 Å². The van der Waals surface area contributed by atoms with E-state index in [-0.39, 0.29) is 12.0 Å². The van der Waals surface area contributed by atoms with Crippen LogP contribution in [0.1, 0.15) is 31.0 Å². The molecule has 3 rings (SSSR count). The van der Waals surface area contributed by atoms with Crippen LogP contribution in [-0.4, -0.2) is 36.5 Å². The van der Waals surface area contributed by atoms with Gasteiger partial charge in [0.15, 0.2) is 0 Å². The Bertz CT molecular complexity index is 678. The molecule has 4 heteroatoms. The summed E-state index contributed by atoms with van der Waals surface area (Å²) < 4.78 is 5.60. The average Bonchev–Trinajstić information content (AvgIpc) is 3.02. The molecule has 0 radical (unpaired) electrons. The van der Waals surface area contributed by atoms with Crippen molar-refractivity contribution in [1.82, 2.24) is 4.98 Å². The molecule has 2 aromatic rings. The highest BCUT2D eigenvalue weighted by Gasteiger charge is 2.34. The van der Waals surface area contributed by atoms with Crippen molar-refractivity contribution in [1.29, 1.82) is 0 Å². The molecule has 2 N–H and O–H groups in total. The van der Waals surface area contributed by atoms with E-state index in [2.05, 4.69) is 37.4 Å². The summed E-state index contributed by atoms with van der Waals surface area (Å²) in [4.78, 5) is 4.78. The normalized spacial score (nSPS) is 21.0. The van der Waals surface area contributed by atoms with Crippen molar-refractivity contribution < 1.29 is 9.84 Å². The largest absolute Gasteiger partial charge is 0.396 e. The van der Waals surface area contributed by atoms with Gasteiger partial charge in [-0.2, -0.15) is 0 Å².